The Labute approximate surface area is 144 Å². The third-order valence-electron chi connectivity index (χ3n) is 3.99. The van der Waals surface area contributed by atoms with Crippen molar-refractivity contribution in [1.82, 2.24) is 0 Å². The molecule has 0 heterocycles. The van der Waals surface area contributed by atoms with Crippen LogP contribution >= 0.6 is 0 Å². The normalized spacial score (nSPS) is 13.3. The molecule has 2 N–H and O–H groups in total. The van der Waals surface area contributed by atoms with E-state index in [0.717, 1.165) is 12.8 Å². The number of ether oxygens (including phenoxy) is 1. The molecule has 0 aliphatic heterocycles. The molecule has 0 aromatic heterocycles. The van der Waals surface area contributed by atoms with Crippen LogP contribution in [0.2, 0.25) is 0 Å². The fraction of sp³-hybridized carbons (Fsp3) is 0.263. The fourth-order valence-electron chi connectivity index (χ4n) is 2.46. The van der Waals surface area contributed by atoms with Crippen molar-refractivity contribution in [3.8, 4) is 5.75 Å². The molecular weight excluding hydrogens is 325 g/mol. The summed E-state index contributed by atoms with van der Waals surface area (Å²) in [6.45, 7) is 0.494. The van der Waals surface area contributed by atoms with Crippen LogP contribution in [-0.4, -0.2) is 23.6 Å². The zero-order valence-corrected chi connectivity index (χ0v) is 13.5. The number of benzene rings is 2. The van der Waals surface area contributed by atoms with Crippen LogP contribution in [0.3, 0.4) is 0 Å². The van der Waals surface area contributed by atoms with Crippen molar-refractivity contribution in [2.45, 2.75) is 19.3 Å². The molecule has 130 valence electrons. The van der Waals surface area contributed by atoms with Gasteiger partial charge in [-0.25, -0.2) is 9.18 Å². The van der Waals surface area contributed by atoms with Crippen LogP contribution in [0.4, 0.5) is 10.1 Å². The van der Waals surface area contributed by atoms with Crippen molar-refractivity contribution in [3.05, 3.63) is 59.4 Å². The second-order valence-electron chi connectivity index (χ2n) is 6.08. The van der Waals surface area contributed by atoms with Crippen molar-refractivity contribution in [2.24, 2.45) is 5.92 Å². The van der Waals surface area contributed by atoms with Crippen LogP contribution in [0.15, 0.2) is 42.5 Å². The molecule has 0 radical (unpaired) electrons. The molecule has 3 rings (SSSR count). The van der Waals surface area contributed by atoms with E-state index >= 15 is 0 Å². The van der Waals surface area contributed by atoms with Crippen molar-refractivity contribution < 1.29 is 23.8 Å². The molecule has 1 aliphatic carbocycles. The predicted octanol–water partition coefficient (Wildman–Crippen LogP) is 3.49. The quantitative estimate of drug-likeness (QED) is 0.807. The number of hydrogen-bond donors (Lipinski definition) is 2. The van der Waals surface area contributed by atoms with Crippen LogP contribution in [0.5, 0.6) is 5.75 Å². The summed E-state index contributed by atoms with van der Waals surface area (Å²) in [5.74, 6) is -1.14. The van der Waals surface area contributed by atoms with Gasteiger partial charge in [0.25, 0.3) is 0 Å². The van der Waals surface area contributed by atoms with Gasteiger partial charge in [0, 0.05) is 6.07 Å². The topological polar surface area (TPSA) is 75.6 Å². The van der Waals surface area contributed by atoms with E-state index in [4.69, 9.17) is 4.74 Å². The Bertz CT molecular complexity index is 802. The van der Waals surface area contributed by atoms with E-state index in [0.29, 0.717) is 23.8 Å². The highest BCUT2D eigenvalue weighted by atomic mass is 19.1. The van der Waals surface area contributed by atoms with Gasteiger partial charge in [0.2, 0.25) is 5.91 Å². The van der Waals surface area contributed by atoms with Crippen molar-refractivity contribution in [1.29, 1.82) is 0 Å². The molecule has 0 spiro atoms. The minimum absolute atomic E-state index is 0.0852. The zero-order valence-electron chi connectivity index (χ0n) is 13.5. The SMILES string of the molecule is O=C(Cc1ccccc1C(=O)O)Nc1ccc(F)cc1OCC1CC1. The zero-order chi connectivity index (χ0) is 17.8. The lowest BCUT2D eigenvalue weighted by molar-refractivity contribution is -0.115. The number of aromatic carboxylic acids is 1. The van der Waals surface area contributed by atoms with Gasteiger partial charge < -0.3 is 15.2 Å². The number of rotatable bonds is 7. The lowest BCUT2D eigenvalue weighted by atomic mass is 10.0. The largest absolute Gasteiger partial charge is 0.491 e. The molecule has 25 heavy (non-hydrogen) atoms. The maximum atomic E-state index is 13.5. The summed E-state index contributed by atoms with van der Waals surface area (Å²) >= 11 is 0. The van der Waals surface area contributed by atoms with Crippen LogP contribution in [0.1, 0.15) is 28.8 Å². The molecule has 0 unspecified atom stereocenters. The number of carboxylic acid groups (broad SMARTS) is 1. The number of carbonyl (C=O) groups excluding carboxylic acids is 1. The van der Waals surface area contributed by atoms with Gasteiger partial charge in [0.15, 0.2) is 0 Å². The number of carbonyl (C=O) groups is 2. The molecule has 2 aromatic carbocycles. The minimum Gasteiger partial charge on any atom is -0.491 e. The van der Waals surface area contributed by atoms with Crippen LogP contribution in [0, 0.1) is 11.7 Å². The first kappa shape index (κ1) is 17.0. The van der Waals surface area contributed by atoms with Crippen molar-refractivity contribution in [3.63, 3.8) is 0 Å². The third-order valence-corrected chi connectivity index (χ3v) is 3.99. The lowest BCUT2D eigenvalue weighted by Crippen LogP contribution is -2.17. The molecular formula is C19H18FNO4. The summed E-state index contributed by atoms with van der Waals surface area (Å²) in [6, 6.07) is 10.3. The third kappa shape index (κ3) is 4.56. The Hall–Kier alpha value is -2.89. The highest BCUT2D eigenvalue weighted by Crippen LogP contribution is 2.32. The minimum atomic E-state index is -1.08. The van der Waals surface area contributed by atoms with Gasteiger partial charge in [-0.2, -0.15) is 0 Å². The average molecular weight is 343 g/mol. The number of carboxylic acids is 1. The molecule has 1 amide bonds. The molecule has 1 saturated carbocycles. The average Bonchev–Trinajstić information content (AvgIpc) is 3.39. The summed E-state index contributed by atoms with van der Waals surface area (Å²) in [4.78, 5) is 23.5. The molecule has 6 heteroatoms. The van der Waals surface area contributed by atoms with E-state index in [9.17, 15) is 19.1 Å². The second-order valence-corrected chi connectivity index (χ2v) is 6.08. The van der Waals surface area contributed by atoms with E-state index in [2.05, 4.69) is 5.32 Å². The van der Waals surface area contributed by atoms with Crippen molar-refractivity contribution >= 4 is 17.6 Å². The van der Waals surface area contributed by atoms with Crippen molar-refractivity contribution in [2.75, 3.05) is 11.9 Å². The van der Waals surface area contributed by atoms with Crippen LogP contribution in [-0.2, 0) is 11.2 Å². The maximum Gasteiger partial charge on any atom is 0.335 e. The Morgan fingerprint density at radius 2 is 1.96 bits per heavy atom. The number of amides is 1. The molecule has 5 nitrogen and oxygen atoms in total. The van der Waals surface area contributed by atoms with Gasteiger partial charge in [-0.05, 0) is 42.5 Å². The molecule has 1 aliphatic rings. The van der Waals surface area contributed by atoms with Gasteiger partial charge in [0.05, 0.1) is 24.3 Å². The van der Waals surface area contributed by atoms with Gasteiger partial charge >= 0.3 is 5.97 Å². The Morgan fingerprint density at radius 3 is 2.68 bits per heavy atom. The summed E-state index contributed by atoms with van der Waals surface area (Å²) in [7, 11) is 0. The summed E-state index contributed by atoms with van der Waals surface area (Å²) < 4.78 is 19.1. The first-order chi connectivity index (χ1) is 12.0. The maximum absolute atomic E-state index is 13.5. The van der Waals surface area contributed by atoms with E-state index in [-0.39, 0.29) is 17.7 Å². The number of nitrogens with one attached hydrogen (secondary N) is 1. The molecule has 0 bridgehead atoms. The van der Waals surface area contributed by atoms with Gasteiger partial charge in [-0.1, -0.05) is 18.2 Å². The van der Waals surface area contributed by atoms with E-state index in [1.54, 1.807) is 18.2 Å². The smallest absolute Gasteiger partial charge is 0.335 e. The monoisotopic (exact) mass is 343 g/mol. The lowest BCUT2D eigenvalue weighted by Gasteiger charge is -2.13. The summed E-state index contributed by atoms with van der Waals surface area (Å²) in [6.07, 6.45) is 2.11. The Morgan fingerprint density at radius 1 is 1.20 bits per heavy atom. The van der Waals surface area contributed by atoms with E-state index in [1.165, 1.54) is 24.3 Å². The number of halogens is 1. The predicted molar refractivity (Wildman–Crippen MR) is 90.4 cm³/mol. The summed E-state index contributed by atoms with van der Waals surface area (Å²) in [5.41, 5.74) is 0.872. The van der Waals surface area contributed by atoms with E-state index < -0.39 is 17.7 Å². The van der Waals surface area contributed by atoms with Gasteiger partial charge in [-0.3, -0.25) is 4.79 Å². The highest BCUT2D eigenvalue weighted by molar-refractivity contribution is 5.96. The number of hydrogen-bond acceptors (Lipinski definition) is 3. The Balaban J connectivity index is 1.71. The molecule has 2 aromatic rings. The summed E-state index contributed by atoms with van der Waals surface area (Å²) in [5, 5.41) is 11.9. The van der Waals surface area contributed by atoms with Crippen LogP contribution in [0.25, 0.3) is 0 Å². The van der Waals surface area contributed by atoms with Gasteiger partial charge in [-0.15, -0.1) is 0 Å². The first-order valence-electron chi connectivity index (χ1n) is 8.06. The molecule has 1 fully saturated rings. The standard InChI is InChI=1S/C19H18FNO4/c20-14-7-8-16(17(10-14)25-11-12-5-6-12)21-18(22)9-13-3-1-2-4-15(13)19(23)24/h1-4,7-8,10,12H,5-6,9,11H2,(H,21,22)(H,23,24). The molecule has 0 atom stereocenters. The van der Waals surface area contributed by atoms with Gasteiger partial charge in [0.1, 0.15) is 11.6 Å². The van der Waals surface area contributed by atoms with E-state index in [1.807, 2.05) is 0 Å². The second kappa shape index (κ2) is 7.34. The highest BCUT2D eigenvalue weighted by Gasteiger charge is 2.23. The number of anilines is 1. The van der Waals surface area contributed by atoms with Crippen LogP contribution < -0.4 is 10.1 Å². The first-order valence-corrected chi connectivity index (χ1v) is 8.06. The molecule has 0 saturated heterocycles. The fourth-order valence-corrected chi connectivity index (χ4v) is 2.46. The Kier molecular flexibility index (Phi) is 4.97.